The lowest BCUT2D eigenvalue weighted by Gasteiger charge is -2.34. The van der Waals surface area contributed by atoms with Gasteiger partial charge in [-0.2, -0.15) is 4.31 Å². The summed E-state index contributed by atoms with van der Waals surface area (Å²) in [7, 11) is -1.55. The van der Waals surface area contributed by atoms with Crippen molar-refractivity contribution in [3.05, 3.63) is 71.4 Å². The standard InChI is InChI=1S/C25H27N3O8S/c1-34-24(30)21-16-36-17-28(22(21)25(31)35-2)19-9-6-10-20(15-19)37(32,33)27-13-11-26(12-14-27)23(29)18-7-4-3-5-8-18/h3-10,15H,11-14,16-17H2,1-2H3. The highest BCUT2D eigenvalue weighted by atomic mass is 32.2. The van der Waals surface area contributed by atoms with E-state index in [0.717, 1.165) is 0 Å². The van der Waals surface area contributed by atoms with Gasteiger partial charge in [0.25, 0.3) is 5.91 Å². The third-order valence-corrected chi connectivity index (χ3v) is 8.04. The van der Waals surface area contributed by atoms with Crippen molar-refractivity contribution in [3.63, 3.8) is 0 Å². The lowest BCUT2D eigenvalue weighted by atomic mass is 10.1. The predicted octanol–water partition coefficient (Wildman–Crippen LogP) is 1.23. The number of carbonyl (C=O) groups is 3. The minimum Gasteiger partial charge on any atom is -0.466 e. The molecule has 4 rings (SSSR count). The summed E-state index contributed by atoms with van der Waals surface area (Å²) in [6, 6.07) is 14.8. The Labute approximate surface area is 214 Å². The number of sulfonamides is 1. The van der Waals surface area contributed by atoms with E-state index in [2.05, 4.69) is 0 Å². The van der Waals surface area contributed by atoms with Gasteiger partial charge in [-0.1, -0.05) is 24.3 Å². The van der Waals surface area contributed by atoms with Crippen molar-refractivity contribution in [2.75, 3.05) is 58.6 Å². The highest BCUT2D eigenvalue weighted by Crippen LogP contribution is 2.29. The second-order valence-electron chi connectivity index (χ2n) is 8.28. The highest BCUT2D eigenvalue weighted by molar-refractivity contribution is 7.89. The third kappa shape index (κ3) is 5.36. The summed E-state index contributed by atoms with van der Waals surface area (Å²) in [5.41, 5.74) is 0.757. The molecular weight excluding hydrogens is 502 g/mol. The minimum atomic E-state index is -3.91. The zero-order valence-electron chi connectivity index (χ0n) is 20.5. The van der Waals surface area contributed by atoms with Crippen molar-refractivity contribution in [3.8, 4) is 0 Å². The van der Waals surface area contributed by atoms with Crippen molar-refractivity contribution in [2.24, 2.45) is 0 Å². The fourth-order valence-corrected chi connectivity index (χ4v) is 5.67. The maximum Gasteiger partial charge on any atom is 0.355 e. The second-order valence-corrected chi connectivity index (χ2v) is 10.2. The topological polar surface area (TPSA) is 123 Å². The van der Waals surface area contributed by atoms with E-state index in [-0.39, 0.29) is 61.6 Å². The summed E-state index contributed by atoms with van der Waals surface area (Å²) in [5, 5.41) is 0. The van der Waals surface area contributed by atoms with Gasteiger partial charge in [0.05, 0.1) is 31.3 Å². The Bertz CT molecular complexity index is 1320. The zero-order chi connectivity index (χ0) is 26.6. The van der Waals surface area contributed by atoms with Gasteiger partial charge in [-0.15, -0.1) is 0 Å². The molecule has 2 aromatic carbocycles. The average Bonchev–Trinajstić information content (AvgIpc) is 2.96. The fourth-order valence-electron chi connectivity index (χ4n) is 4.20. The molecule has 1 saturated heterocycles. The van der Waals surface area contributed by atoms with E-state index in [0.29, 0.717) is 11.3 Å². The van der Waals surface area contributed by atoms with Gasteiger partial charge in [0.2, 0.25) is 10.0 Å². The number of esters is 2. The van der Waals surface area contributed by atoms with Gasteiger partial charge in [0, 0.05) is 37.4 Å². The first kappa shape index (κ1) is 26.3. The molecular formula is C25H27N3O8S. The average molecular weight is 530 g/mol. The monoisotopic (exact) mass is 529 g/mol. The van der Waals surface area contributed by atoms with Crippen LogP contribution in [0.1, 0.15) is 10.4 Å². The molecule has 0 aromatic heterocycles. The summed E-state index contributed by atoms with van der Waals surface area (Å²) < 4.78 is 43.3. The summed E-state index contributed by atoms with van der Waals surface area (Å²) in [5.74, 6) is -1.68. The molecule has 11 nitrogen and oxygen atoms in total. The SMILES string of the molecule is COC(=O)C1=C(C(=O)OC)N(c2cccc(S(=O)(=O)N3CCN(C(=O)c4ccccc4)CC3)c2)COC1. The number of amides is 1. The van der Waals surface area contributed by atoms with Gasteiger partial charge >= 0.3 is 11.9 Å². The summed E-state index contributed by atoms with van der Waals surface area (Å²) in [4.78, 5) is 40.5. The molecule has 0 unspecified atom stereocenters. The number of anilines is 1. The van der Waals surface area contributed by atoms with Crippen LogP contribution in [0.4, 0.5) is 5.69 Å². The number of piperazine rings is 1. The molecule has 2 aromatic rings. The van der Waals surface area contributed by atoms with E-state index in [4.69, 9.17) is 14.2 Å². The van der Waals surface area contributed by atoms with E-state index >= 15 is 0 Å². The van der Waals surface area contributed by atoms with E-state index in [1.165, 1.54) is 35.6 Å². The molecule has 0 spiro atoms. The maximum atomic E-state index is 13.5. The van der Waals surface area contributed by atoms with Crippen LogP contribution in [0.2, 0.25) is 0 Å². The lowest BCUT2D eigenvalue weighted by Crippen LogP contribution is -2.50. The summed E-state index contributed by atoms with van der Waals surface area (Å²) >= 11 is 0. The van der Waals surface area contributed by atoms with Gasteiger partial charge in [0.15, 0.2) is 0 Å². The van der Waals surface area contributed by atoms with E-state index in [9.17, 15) is 22.8 Å². The molecule has 37 heavy (non-hydrogen) atoms. The van der Waals surface area contributed by atoms with Crippen molar-refractivity contribution < 1.29 is 37.0 Å². The van der Waals surface area contributed by atoms with Crippen LogP contribution in [0.3, 0.4) is 0 Å². The predicted molar refractivity (Wildman–Crippen MR) is 132 cm³/mol. The normalized spacial score (nSPS) is 16.9. The molecule has 0 radical (unpaired) electrons. The summed E-state index contributed by atoms with van der Waals surface area (Å²) in [6.45, 7) is 0.524. The summed E-state index contributed by atoms with van der Waals surface area (Å²) in [6.07, 6.45) is 0. The number of ether oxygens (including phenoxy) is 3. The molecule has 2 aliphatic rings. The Morgan fingerprint density at radius 1 is 0.865 bits per heavy atom. The molecule has 2 heterocycles. The number of rotatable bonds is 6. The van der Waals surface area contributed by atoms with Crippen LogP contribution in [0.25, 0.3) is 0 Å². The lowest BCUT2D eigenvalue weighted by molar-refractivity contribution is -0.140. The minimum absolute atomic E-state index is 0.00208. The van der Waals surface area contributed by atoms with Gasteiger partial charge in [-0.25, -0.2) is 18.0 Å². The number of carbonyl (C=O) groups excluding carboxylic acids is 3. The van der Waals surface area contributed by atoms with Crippen LogP contribution in [0.5, 0.6) is 0 Å². The highest BCUT2D eigenvalue weighted by Gasteiger charge is 2.34. The van der Waals surface area contributed by atoms with E-state index < -0.39 is 22.0 Å². The van der Waals surface area contributed by atoms with Gasteiger partial charge in [0.1, 0.15) is 12.4 Å². The molecule has 1 fully saturated rings. The molecule has 0 atom stereocenters. The number of hydrogen-bond donors (Lipinski definition) is 0. The van der Waals surface area contributed by atoms with Crippen molar-refractivity contribution in [1.82, 2.24) is 9.21 Å². The van der Waals surface area contributed by atoms with Crippen LogP contribution >= 0.6 is 0 Å². The molecule has 0 N–H and O–H groups in total. The van der Waals surface area contributed by atoms with Gasteiger partial charge in [-0.05, 0) is 30.3 Å². The van der Waals surface area contributed by atoms with Crippen molar-refractivity contribution in [1.29, 1.82) is 0 Å². The molecule has 0 bridgehead atoms. The molecule has 196 valence electrons. The number of hydrogen-bond acceptors (Lipinski definition) is 9. The first-order valence-corrected chi connectivity index (χ1v) is 12.9. The Kier molecular flexibility index (Phi) is 7.91. The zero-order valence-corrected chi connectivity index (χ0v) is 21.3. The quantitative estimate of drug-likeness (QED) is 0.509. The van der Waals surface area contributed by atoms with Crippen LogP contribution in [0, 0.1) is 0 Å². The fraction of sp³-hybridized carbons (Fsp3) is 0.320. The third-order valence-electron chi connectivity index (χ3n) is 6.15. The molecule has 0 aliphatic carbocycles. The van der Waals surface area contributed by atoms with Crippen LogP contribution < -0.4 is 4.90 Å². The number of benzene rings is 2. The van der Waals surface area contributed by atoms with Crippen molar-refractivity contribution in [2.45, 2.75) is 4.90 Å². The van der Waals surface area contributed by atoms with E-state index in [1.54, 1.807) is 41.3 Å². The Morgan fingerprint density at radius 2 is 1.54 bits per heavy atom. The molecule has 1 amide bonds. The molecule has 12 heteroatoms. The van der Waals surface area contributed by atoms with Gasteiger partial charge < -0.3 is 24.0 Å². The maximum absolute atomic E-state index is 13.5. The first-order valence-electron chi connectivity index (χ1n) is 11.5. The Morgan fingerprint density at radius 3 is 2.19 bits per heavy atom. The molecule has 0 saturated carbocycles. The van der Waals surface area contributed by atoms with Crippen LogP contribution in [-0.2, 0) is 33.8 Å². The van der Waals surface area contributed by atoms with E-state index in [1.807, 2.05) is 6.07 Å². The Hall–Kier alpha value is -3.74. The van der Waals surface area contributed by atoms with Crippen LogP contribution in [-0.4, -0.2) is 89.2 Å². The van der Waals surface area contributed by atoms with Crippen molar-refractivity contribution >= 4 is 33.6 Å². The molecule has 2 aliphatic heterocycles. The number of methoxy groups -OCH3 is 2. The largest absolute Gasteiger partial charge is 0.466 e. The number of nitrogens with zero attached hydrogens (tertiary/aromatic N) is 3. The Balaban J connectivity index is 1.56. The van der Waals surface area contributed by atoms with Gasteiger partial charge in [-0.3, -0.25) is 4.79 Å². The smallest absolute Gasteiger partial charge is 0.355 e. The first-order chi connectivity index (χ1) is 17.8. The second kappa shape index (κ2) is 11.1. The van der Waals surface area contributed by atoms with Crippen LogP contribution in [0.15, 0.2) is 70.8 Å².